The van der Waals surface area contributed by atoms with Gasteiger partial charge in [0.15, 0.2) is 0 Å². The zero-order valence-electron chi connectivity index (χ0n) is 17.0. The van der Waals surface area contributed by atoms with Crippen LogP contribution in [-0.2, 0) is 4.79 Å². The Bertz CT molecular complexity index is 716. The number of nitrogens with one attached hydrogen (secondary N) is 1. The fourth-order valence-corrected chi connectivity index (χ4v) is 3.62. The van der Waals surface area contributed by atoms with E-state index in [0.717, 1.165) is 12.8 Å². The van der Waals surface area contributed by atoms with Crippen molar-refractivity contribution in [2.24, 2.45) is 11.8 Å². The van der Waals surface area contributed by atoms with Gasteiger partial charge in [-0.25, -0.2) is 4.79 Å². The molecule has 0 saturated carbocycles. The van der Waals surface area contributed by atoms with Crippen LogP contribution < -0.4 is 10.1 Å². The number of ether oxygens (including phenoxy) is 1. The molecule has 1 saturated heterocycles. The summed E-state index contributed by atoms with van der Waals surface area (Å²) in [5.41, 5.74) is 0.703. The van der Waals surface area contributed by atoms with Crippen molar-refractivity contribution in [2.75, 3.05) is 39.1 Å². The lowest BCUT2D eigenvalue weighted by molar-refractivity contribution is -0.131. The molecule has 3 amide bonds. The average molecular weight is 386 g/mol. The second-order valence-electron chi connectivity index (χ2n) is 7.25. The second kappa shape index (κ2) is 10.5. The lowest BCUT2D eigenvalue weighted by Gasteiger charge is -2.38. The number of likely N-dealkylation sites (tertiary alicyclic amines) is 1. The molecule has 1 aliphatic rings. The van der Waals surface area contributed by atoms with E-state index in [0.29, 0.717) is 43.9 Å². The Labute approximate surface area is 167 Å². The molecule has 1 aliphatic heterocycles. The van der Waals surface area contributed by atoms with Crippen LogP contribution in [0.3, 0.4) is 0 Å². The molecule has 7 heteroatoms. The van der Waals surface area contributed by atoms with E-state index < -0.39 is 0 Å². The van der Waals surface area contributed by atoms with Crippen LogP contribution in [0, 0.1) is 23.2 Å². The van der Waals surface area contributed by atoms with E-state index in [9.17, 15) is 9.59 Å². The maximum atomic E-state index is 12.7. The summed E-state index contributed by atoms with van der Waals surface area (Å²) in [5.74, 6) is 1.33. The number of piperidine rings is 1. The summed E-state index contributed by atoms with van der Waals surface area (Å²) >= 11 is 0. The third kappa shape index (κ3) is 5.88. The van der Waals surface area contributed by atoms with Crippen molar-refractivity contribution in [1.82, 2.24) is 9.80 Å². The number of amides is 3. The number of anilines is 1. The van der Waals surface area contributed by atoms with Crippen molar-refractivity contribution in [3.63, 3.8) is 0 Å². The molecule has 0 bridgehead atoms. The summed E-state index contributed by atoms with van der Waals surface area (Å²) in [7, 11) is 3.34. The van der Waals surface area contributed by atoms with Crippen molar-refractivity contribution in [3.05, 3.63) is 24.3 Å². The van der Waals surface area contributed by atoms with E-state index >= 15 is 0 Å². The van der Waals surface area contributed by atoms with Gasteiger partial charge in [-0.1, -0.05) is 19.4 Å². The van der Waals surface area contributed by atoms with Crippen LogP contribution in [0.1, 0.15) is 32.6 Å². The van der Waals surface area contributed by atoms with Gasteiger partial charge >= 0.3 is 6.03 Å². The predicted octanol–water partition coefficient (Wildman–Crippen LogP) is 3.34. The van der Waals surface area contributed by atoms with E-state index in [1.807, 2.05) is 23.1 Å². The molecule has 0 unspecified atom stereocenters. The number of carbonyl (C=O) groups is 2. The van der Waals surface area contributed by atoms with E-state index in [1.165, 1.54) is 0 Å². The highest BCUT2D eigenvalue weighted by atomic mass is 16.5. The molecule has 2 atom stereocenters. The Hall–Kier alpha value is -2.75. The van der Waals surface area contributed by atoms with Gasteiger partial charge in [-0.05, 0) is 30.4 Å². The van der Waals surface area contributed by atoms with Crippen molar-refractivity contribution >= 4 is 17.6 Å². The second-order valence-corrected chi connectivity index (χ2v) is 7.25. The van der Waals surface area contributed by atoms with Crippen molar-refractivity contribution in [1.29, 1.82) is 5.26 Å². The Morgan fingerprint density at radius 1 is 1.39 bits per heavy atom. The summed E-state index contributed by atoms with van der Waals surface area (Å²) in [4.78, 5) is 28.5. The lowest BCUT2D eigenvalue weighted by Crippen LogP contribution is -2.46. The molecule has 2 rings (SSSR count). The van der Waals surface area contributed by atoms with Gasteiger partial charge in [0.1, 0.15) is 5.75 Å². The fraction of sp³-hybridized carbons (Fsp3) is 0.571. The highest BCUT2D eigenvalue weighted by Gasteiger charge is 2.32. The molecule has 1 aromatic rings. The third-order valence-electron chi connectivity index (χ3n) is 5.45. The molecule has 0 spiro atoms. The molecular formula is C21H30N4O3. The Morgan fingerprint density at radius 2 is 2.18 bits per heavy atom. The van der Waals surface area contributed by atoms with E-state index in [4.69, 9.17) is 10.00 Å². The van der Waals surface area contributed by atoms with Crippen LogP contribution in [-0.4, -0.2) is 55.5 Å². The highest BCUT2D eigenvalue weighted by molar-refractivity contribution is 5.89. The SMILES string of the molecule is CC[C@@H]1CN(C(=O)Nc2cccc(OC)c2)CC[C@H]1CC(=O)N(C)CCC#N. The molecule has 28 heavy (non-hydrogen) atoms. The van der Waals surface area contributed by atoms with Crippen LogP contribution in [0.25, 0.3) is 0 Å². The van der Waals surface area contributed by atoms with Gasteiger partial charge in [0, 0.05) is 44.9 Å². The number of methoxy groups -OCH3 is 1. The Balaban J connectivity index is 1.91. The maximum absolute atomic E-state index is 12.7. The molecule has 1 N–H and O–H groups in total. The normalized spacial score (nSPS) is 18.9. The van der Waals surface area contributed by atoms with Gasteiger partial charge in [-0.2, -0.15) is 5.26 Å². The monoisotopic (exact) mass is 386 g/mol. The molecular weight excluding hydrogens is 356 g/mol. The zero-order valence-corrected chi connectivity index (χ0v) is 17.0. The van der Waals surface area contributed by atoms with Gasteiger partial charge in [0.2, 0.25) is 5.91 Å². The molecule has 1 fully saturated rings. The van der Waals surface area contributed by atoms with Gasteiger partial charge in [-0.15, -0.1) is 0 Å². The molecule has 152 valence electrons. The number of urea groups is 1. The molecule has 1 aromatic carbocycles. The minimum Gasteiger partial charge on any atom is -0.497 e. The largest absolute Gasteiger partial charge is 0.497 e. The average Bonchev–Trinajstić information content (AvgIpc) is 2.72. The molecule has 0 aliphatic carbocycles. The summed E-state index contributed by atoms with van der Waals surface area (Å²) in [6, 6.07) is 9.24. The van der Waals surface area contributed by atoms with Crippen molar-refractivity contribution in [3.8, 4) is 11.8 Å². The number of hydrogen-bond acceptors (Lipinski definition) is 4. The number of nitriles is 1. The van der Waals surface area contributed by atoms with E-state index in [-0.39, 0.29) is 23.8 Å². The highest BCUT2D eigenvalue weighted by Crippen LogP contribution is 2.30. The zero-order chi connectivity index (χ0) is 20.5. The maximum Gasteiger partial charge on any atom is 0.321 e. The molecule has 7 nitrogen and oxygen atoms in total. The first kappa shape index (κ1) is 21.5. The smallest absolute Gasteiger partial charge is 0.321 e. The predicted molar refractivity (Wildman–Crippen MR) is 108 cm³/mol. The minimum atomic E-state index is -0.123. The lowest BCUT2D eigenvalue weighted by atomic mass is 9.81. The summed E-state index contributed by atoms with van der Waals surface area (Å²) in [6.07, 6.45) is 2.55. The van der Waals surface area contributed by atoms with E-state index in [2.05, 4.69) is 18.3 Å². The standard InChI is InChI=1S/C21H30N4O3/c1-4-16-15-25(21(27)23-18-7-5-8-19(14-18)28-3)12-9-17(16)13-20(26)24(2)11-6-10-22/h5,7-8,14,16-17H,4,6,9,11-13,15H2,1-3H3,(H,23,27)/t16-,17+/m1/s1. The molecule has 1 heterocycles. The first-order chi connectivity index (χ1) is 13.5. The van der Waals surface area contributed by atoms with Crippen LogP contribution in [0.15, 0.2) is 24.3 Å². The number of nitrogens with zero attached hydrogens (tertiary/aromatic N) is 3. The number of carbonyl (C=O) groups excluding carboxylic acids is 2. The van der Waals surface area contributed by atoms with Gasteiger partial charge in [0.05, 0.1) is 19.6 Å². The van der Waals surface area contributed by atoms with Gasteiger partial charge in [-0.3, -0.25) is 4.79 Å². The first-order valence-electron chi connectivity index (χ1n) is 9.79. The first-order valence-corrected chi connectivity index (χ1v) is 9.79. The Kier molecular flexibility index (Phi) is 8.12. The molecule has 0 aromatic heterocycles. The van der Waals surface area contributed by atoms with Gasteiger partial charge < -0.3 is 19.9 Å². The van der Waals surface area contributed by atoms with Crippen LogP contribution in [0.5, 0.6) is 5.75 Å². The summed E-state index contributed by atoms with van der Waals surface area (Å²) in [5, 5.41) is 11.6. The summed E-state index contributed by atoms with van der Waals surface area (Å²) < 4.78 is 5.19. The van der Waals surface area contributed by atoms with Crippen LogP contribution >= 0.6 is 0 Å². The number of benzene rings is 1. The van der Waals surface area contributed by atoms with Crippen molar-refractivity contribution in [2.45, 2.75) is 32.6 Å². The van der Waals surface area contributed by atoms with Gasteiger partial charge in [0.25, 0.3) is 0 Å². The summed E-state index contributed by atoms with van der Waals surface area (Å²) in [6.45, 7) is 3.84. The topological polar surface area (TPSA) is 85.7 Å². The fourth-order valence-electron chi connectivity index (χ4n) is 3.62. The van der Waals surface area contributed by atoms with Crippen molar-refractivity contribution < 1.29 is 14.3 Å². The quantitative estimate of drug-likeness (QED) is 0.779. The Morgan fingerprint density at radius 3 is 2.86 bits per heavy atom. The minimum absolute atomic E-state index is 0.0768. The van der Waals surface area contributed by atoms with Crippen LogP contribution in [0.2, 0.25) is 0 Å². The van der Waals surface area contributed by atoms with Crippen LogP contribution in [0.4, 0.5) is 10.5 Å². The number of rotatable bonds is 7. The third-order valence-corrected chi connectivity index (χ3v) is 5.45. The number of hydrogen-bond donors (Lipinski definition) is 1. The van der Waals surface area contributed by atoms with E-state index in [1.54, 1.807) is 25.1 Å². The molecule has 0 radical (unpaired) electrons.